The maximum Gasteiger partial charge on any atom is 0.410 e. The maximum atomic E-state index is 12.8. The fourth-order valence-corrected chi connectivity index (χ4v) is 3.81. The van der Waals surface area contributed by atoms with Crippen molar-refractivity contribution >= 4 is 17.8 Å². The number of Topliss-reactive ketones (excluding diaryl/α,β-unsaturated/α-hetero) is 1. The average molecular weight is 409 g/mol. The Morgan fingerprint density at radius 2 is 1.63 bits per heavy atom. The standard InChI is InChI=1S/C24H27NO5/c1-2-29-23(27)15-22(26)14-21-13-20(19-11-7-4-8-12-19)16-25(21)24(28)30-17-18-9-5-3-6-10-18/h3-12,20-21H,2,13-17H2,1H3/t20-,21-/m0/s1. The van der Waals surface area contributed by atoms with E-state index in [9.17, 15) is 14.4 Å². The molecule has 0 bridgehead atoms. The second kappa shape index (κ2) is 10.6. The zero-order valence-corrected chi connectivity index (χ0v) is 17.2. The van der Waals surface area contributed by atoms with Gasteiger partial charge >= 0.3 is 12.1 Å². The van der Waals surface area contributed by atoms with Gasteiger partial charge in [-0.2, -0.15) is 0 Å². The van der Waals surface area contributed by atoms with E-state index < -0.39 is 12.1 Å². The Bertz CT molecular complexity index is 852. The Hall–Kier alpha value is -3.15. The highest BCUT2D eigenvalue weighted by Gasteiger charge is 2.38. The van der Waals surface area contributed by atoms with E-state index in [0.29, 0.717) is 13.0 Å². The van der Waals surface area contributed by atoms with Crippen LogP contribution in [0, 0.1) is 0 Å². The topological polar surface area (TPSA) is 72.9 Å². The molecular formula is C24H27NO5. The summed E-state index contributed by atoms with van der Waals surface area (Å²) >= 11 is 0. The fourth-order valence-electron chi connectivity index (χ4n) is 3.81. The van der Waals surface area contributed by atoms with Crippen molar-refractivity contribution in [1.82, 2.24) is 4.90 Å². The minimum absolute atomic E-state index is 0.114. The summed E-state index contributed by atoms with van der Waals surface area (Å²) < 4.78 is 10.4. The molecule has 0 aromatic heterocycles. The SMILES string of the molecule is CCOC(=O)CC(=O)C[C@@H]1C[C@H](c2ccccc2)CN1C(=O)OCc1ccccc1. The molecule has 2 aromatic carbocycles. The first-order chi connectivity index (χ1) is 14.6. The summed E-state index contributed by atoms with van der Waals surface area (Å²) in [4.78, 5) is 38.5. The first-order valence-corrected chi connectivity index (χ1v) is 10.3. The number of rotatable bonds is 8. The molecule has 3 rings (SSSR count). The molecule has 0 saturated carbocycles. The van der Waals surface area contributed by atoms with Crippen LogP contribution in [0.5, 0.6) is 0 Å². The average Bonchev–Trinajstić information content (AvgIpc) is 3.17. The minimum Gasteiger partial charge on any atom is -0.466 e. The van der Waals surface area contributed by atoms with E-state index in [-0.39, 0.29) is 43.8 Å². The lowest BCUT2D eigenvalue weighted by Crippen LogP contribution is -2.37. The largest absolute Gasteiger partial charge is 0.466 e. The molecule has 1 saturated heterocycles. The van der Waals surface area contributed by atoms with E-state index in [1.807, 2.05) is 60.7 Å². The molecule has 2 atom stereocenters. The number of hydrogen-bond acceptors (Lipinski definition) is 5. The molecular weight excluding hydrogens is 382 g/mol. The first kappa shape index (κ1) is 21.6. The fraction of sp³-hybridized carbons (Fsp3) is 0.375. The summed E-state index contributed by atoms with van der Waals surface area (Å²) in [6.07, 6.45) is 0.0562. The number of ether oxygens (including phenoxy) is 2. The molecule has 1 amide bonds. The molecule has 1 fully saturated rings. The Morgan fingerprint density at radius 3 is 2.30 bits per heavy atom. The van der Waals surface area contributed by atoms with Gasteiger partial charge in [-0.05, 0) is 24.5 Å². The predicted molar refractivity (Wildman–Crippen MR) is 112 cm³/mol. The lowest BCUT2D eigenvalue weighted by molar-refractivity contribution is -0.145. The van der Waals surface area contributed by atoms with Gasteiger partial charge in [0.1, 0.15) is 18.8 Å². The smallest absolute Gasteiger partial charge is 0.410 e. The Labute approximate surface area is 176 Å². The van der Waals surface area contributed by atoms with E-state index in [0.717, 1.165) is 11.1 Å². The van der Waals surface area contributed by atoms with Gasteiger partial charge in [0.25, 0.3) is 0 Å². The van der Waals surface area contributed by atoms with Gasteiger partial charge in [-0.1, -0.05) is 60.7 Å². The molecule has 1 heterocycles. The summed E-state index contributed by atoms with van der Waals surface area (Å²) in [7, 11) is 0. The van der Waals surface area contributed by atoms with Gasteiger partial charge < -0.3 is 14.4 Å². The van der Waals surface area contributed by atoms with Crippen LogP contribution in [0.25, 0.3) is 0 Å². The van der Waals surface area contributed by atoms with Crippen molar-refractivity contribution in [3.63, 3.8) is 0 Å². The van der Waals surface area contributed by atoms with E-state index in [2.05, 4.69) is 0 Å². The van der Waals surface area contributed by atoms with Gasteiger partial charge in [0.05, 0.1) is 6.61 Å². The second-order valence-corrected chi connectivity index (χ2v) is 7.41. The van der Waals surface area contributed by atoms with Crippen molar-refractivity contribution in [3.05, 3.63) is 71.8 Å². The molecule has 158 valence electrons. The molecule has 0 radical (unpaired) electrons. The molecule has 1 aliphatic rings. The zero-order chi connectivity index (χ0) is 21.3. The van der Waals surface area contributed by atoms with Crippen LogP contribution in [0.1, 0.15) is 43.2 Å². The quantitative estimate of drug-likeness (QED) is 0.485. The summed E-state index contributed by atoms with van der Waals surface area (Å²) in [6, 6.07) is 19.1. The van der Waals surface area contributed by atoms with Crippen LogP contribution < -0.4 is 0 Å². The van der Waals surface area contributed by atoms with Gasteiger partial charge in [-0.3, -0.25) is 9.59 Å². The summed E-state index contributed by atoms with van der Waals surface area (Å²) in [5.74, 6) is -0.637. The van der Waals surface area contributed by atoms with Gasteiger partial charge in [-0.15, -0.1) is 0 Å². The van der Waals surface area contributed by atoms with Crippen LogP contribution in [-0.2, 0) is 25.7 Å². The lowest BCUT2D eigenvalue weighted by atomic mass is 9.94. The van der Waals surface area contributed by atoms with Gasteiger partial charge in [0, 0.05) is 24.9 Å². The Kier molecular flexibility index (Phi) is 7.60. The van der Waals surface area contributed by atoms with Gasteiger partial charge in [0.2, 0.25) is 0 Å². The summed E-state index contributed by atoms with van der Waals surface area (Å²) in [5.41, 5.74) is 2.03. The number of hydrogen-bond donors (Lipinski definition) is 0. The zero-order valence-electron chi connectivity index (χ0n) is 17.2. The van der Waals surface area contributed by atoms with Gasteiger partial charge in [-0.25, -0.2) is 4.79 Å². The van der Waals surface area contributed by atoms with Crippen molar-refractivity contribution < 1.29 is 23.9 Å². The summed E-state index contributed by atoms with van der Waals surface area (Å²) in [6.45, 7) is 2.60. The number of carbonyl (C=O) groups is 3. The number of amides is 1. The highest BCUT2D eigenvalue weighted by molar-refractivity contribution is 5.96. The molecule has 6 nitrogen and oxygen atoms in total. The number of nitrogens with zero attached hydrogens (tertiary/aromatic N) is 1. The Balaban J connectivity index is 1.67. The third-order valence-corrected chi connectivity index (χ3v) is 5.24. The van der Waals surface area contributed by atoms with Crippen LogP contribution >= 0.6 is 0 Å². The number of likely N-dealkylation sites (tertiary alicyclic amines) is 1. The molecule has 0 N–H and O–H groups in total. The number of esters is 1. The third kappa shape index (κ3) is 5.92. The molecule has 6 heteroatoms. The molecule has 30 heavy (non-hydrogen) atoms. The first-order valence-electron chi connectivity index (χ1n) is 10.3. The highest BCUT2D eigenvalue weighted by Crippen LogP contribution is 2.34. The van der Waals surface area contributed by atoms with Crippen molar-refractivity contribution in [3.8, 4) is 0 Å². The van der Waals surface area contributed by atoms with Crippen LogP contribution in [0.15, 0.2) is 60.7 Å². The van der Waals surface area contributed by atoms with Crippen LogP contribution in [0.2, 0.25) is 0 Å². The maximum absolute atomic E-state index is 12.8. The summed E-state index contributed by atoms with van der Waals surface area (Å²) in [5, 5.41) is 0. The third-order valence-electron chi connectivity index (χ3n) is 5.24. The Morgan fingerprint density at radius 1 is 0.967 bits per heavy atom. The van der Waals surface area contributed by atoms with Crippen LogP contribution in [0.4, 0.5) is 4.79 Å². The number of benzene rings is 2. The molecule has 0 unspecified atom stereocenters. The minimum atomic E-state index is -0.529. The monoisotopic (exact) mass is 409 g/mol. The van der Waals surface area contributed by atoms with Crippen molar-refractivity contribution in [2.75, 3.05) is 13.2 Å². The van der Waals surface area contributed by atoms with Crippen LogP contribution in [0.3, 0.4) is 0 Å². The number of ketones is 1. The van der Waals surface area contributed by atoms with Gasteiger partial charge in [0.15, 0.2) is 0 Å². The van der Waals surface area contributed by atoms with E-state index >= 15 is 0 Å². The molecule has 0 spiro atoms. The van der Waals surface area contributed by atoms with Crippen molar-refractivity contribution in [2.24, 2.45) is 0 Å². The van der Waals surface area contributed by atoms with E-state index in [4.69, 9.17) is 9.47 Å². The highest BCUT2D eigenvalue weighted by atomic mass is 16.6. The van der Waals surface area contributed by atoms with E-state index in [1.165, 1.54) is 0 Å². The number of carbonyl (C=O) groups excluding carboxylic acids is 3. The van der Waals surface area contributed by atoms with Crippen molar-refractivity contribution in [1.29, 1.82) is 0 Å². The normalized spacial score (nSPS) is 18.1. The van der Waals surface area contributed by atoms with Crippen molar-refractivity contribution in [2.45, 2.75) is 44.8 Å². The lowest BCUT2D eigenvalue weighted by Gasteiger charge is -2.23. The van der Waals surface area contributed by atoms with Crippen LogP contribution in [-0.4, -0.2) is 41.9 Å². The predicted octanol–water partition coefficient (Wildman–Crippen LogP) is 4.09. The second-order valence-electron chi connectivity index (χ2n) is 7.41. The molecule has 0 aliphatic carbocycles. The molecule has 1 aliphatic heterocycles. The van der Waals surface area contributed by atoms with E-state index in [1.54, 1.807) is 11.8 Å². The molecule has 2 aromatic rings.